The smallest absolute Gasteiger partial charge is 0.255 e. The zero-order chi connectivity index (χ0) is 16.7. The molecule has 0 N–H and O–H groups in total. The third-order valence-corrected chi connectivity index (χ3v) is 5.00. The lowest BCUT2D eigenvalue weighted by atomic mass is 10.0. The molecule has 1 saturated heterocycles. The molecule has 2 aromatic heterocycles. The van der Waals surface area contributed by atoms with Crippen LogP contribution in [0.25, 0.3) is 16.5 Å². The molecule has 4 nitrogen and oxygen atoms in total. The van der Waals surface area contributed by atoms with Crippen molar-refractivity contribution in [2.75, 3.05) is 13.6 Å². The molecule has 122 valence electrons. The third-order valence-electron chi connectivity index (χ3n) is 4.80. The van der Waals surface area contributed by atoms with Gasteiger partial charge in [-0.3, -0.25) is 14.3 Å². The van der Waals surface area contributed by atoms with Crippen LogP contribution in [0.4, 0.5) is 0 Å². The van der Waals surface area contributed by atoms with Gasteiger partial charge in [0, 0.05) is 30.1 Å². The Labute approximate surface area is 145 Å². The van der Waals surface area contributed by atoms with Gasteiger partial charge in [0.1, 0.15) is 5.15 Å². The van der Waals surface area contributed by atoms with Gasteiger partial charge in [0.15, 0.2) is 0 Å². The Balaban J connectivity index is 1.94. The van der Waals surface area contributed by atoms with Crippen LogP contribution in [0.2, 0.25) is 5.15 Å². The standard InChI is InChI=1S/C19H18ClN3O/c1-22-8-4-7-16(22)15-11-21-18(20)10-17(15)23-12-14-6-3-2-5-13(14)9-19(23)24/h2-3,5-6,9-12,16H,4,7-8H2,1H3. The SMILES string of the molecule is CN1CCCC1c1cnc(Cl)cc1-n1cc2ccccc2cc1=O. The van der Waals surface area contributed by atoms with E-state index < -0.39 is 0 Å². The van der Waals surface area contributed by atoms with Crippen LogP contribution in [0.15, 0.2) is 53.6 Å². The van der Waals surface area contributed by atoms with Crippen molar-refractivity contribution < 1.29 is 0 Å². The van der Waals surface area contributed by atoms with Crippen LogP contribution in [-0.4, -0.2) is 28.0 Å². The largest absolute Gasteiger partial charge is 0.299 e. The Morgan fingerprint density at radius 1 is 1.21 bits per heavy atom. The number of aromatic nitrogens is 2. The van der Waals surface area contributed by atoms with E-state index in [0.717, 1.165) is 41.4 Å². The summed E-state index contributed by atoms with van der Waals surface area (Å²) in [5.41, 5.74) is 1.82. The molecule has 1 aliphatic heterocycles. The fraction of sp³-hybridized carbons (Fsp3) is 0.263. The predicted molar refractivity (Wildman–Crippen MR) is 97.0 cm³/mol. The molecule has 3 heterocycles. The number of halogens is 1. The minimum Gasteiger partial charge on any atom is -0.299 e. The van der Waals surface area contributed by atoms with Gasteiger partial charge in [-0.1, -0.05) is 35.9 Å². The minimum absolute atomic E-state index is 0.0575. The summed E-state index contributed by atoms with van der Waals surface area (Å²) in [4.78, 5) is 19.2. The lowest BCUT2D eigenvalue weighted by Gasteiger charge is -2.23. The van der Waals surface area contributed by atoms with Crippen LogP contribution in [-0.2, 0) is 0 Å². The summed E-state index contributed by atoms with van der Waals surface area (Å²) in [6.45, 7) is 1.05. The fourth-order valence-electron chi connectivity index (χ4n) is 3.55. The molecule has 5 heteroatoms. The Morgan fingerprint density at radius 2 is 2.00 bits per heavy atom. The van der Waals surface area contributed by atoms with Crippen molar-refractivity contribution in [3.05, 3.63) is 69.9 Å². The van der Waals surface area contributed by atoms with E-state index in [9.17, 15) is 4.79 Å². The van der Waals surface area contributed by atoms with Crippen LogP contribution in [0.5, 0.6) is 0 Å². The van der Waals surface area contributed by atoms with Gasteiger partial charge < -0.3 is 0 Å². The molecule has 0 amide bonds. The number of likely N-dealkylation sites (tertiary alicyclic amines) is 1. The van der Waals surface area contributed by atoms with Gasteiger partial charge in [-0.25, -0.2) is 4.98 Å². The number of fused-ring (bicyclic) bond motifs is 1. The van der Waals surface area contributed by atoms with Crippen molar-refractivity contribution in [3.8, 4) is 5.69 Å². The Hall–Kier alpha value is -2.17. The molecule has 1 aromatic carbocycles. The summed E-state index contributed by atoms with van der Waals surface area (Å²) in [6, 6.07) is 11.6. The summed E-state index contributed by atoms with van der Waals surface area (Å²) in [7, 11) is 2.11. The number of rotatable bonds is 2. The van der Waals surface area contributed by atoms with Crippen molar-refractivity contribution in [3.63, 3.8) is 0 Å². The van der Waals surface area contributed by atoms with Gasteiger partial charge >= 0.3 is 0 Å². The van der Waals surface area contributed by atoms with Gasteiger partial charge in [0.25, 0.3) is 5.56 Å². The quantitative estimate of drug-likeness (QED) is 0.666. The van der Waals surface area contributed by atoms with Crippen LogP contribution in [0, 0.1) is 0 Å². The van der Waals surface area contributed by atoms with E-state index in [-0.39, 0.29) is 11.6 Å². The van der Waals surface area contributed by atoms with Crippen molar-refractivity contribution in [1.29, 1.82) is 0 Å². The van der Waals surface area contributed by atoms with Crippen LogP contribution in [0.1, 0.15) is 24.4 Å². The molecule has 0 bridgehead atoms. The first kappa shape index (κ1) is 15.4. The van der Waals surface area contributed by atoms with Crippen molar-refractivity contribution >= 4 is 22.4 Å². The first-order chi connectivity index (χ1) is 11.6. The zero-order valence-electron chi connectivity index (χ0n) is 13.4. The van der Waals surface area contributed by atoms with Gasteiger partial charge in [-0.15, -0.1) is 0 Å². The lowest BCUT2D eigenvalue weighted by molar-refractivity contribution is 0.316. The number of hydrogen-bond donors (Lipinski definition) is 0. The molecule has 3 aromatic rings. The van der Waals surface area contributed by atoms with Crippen LogP contribution in [0.3, 0.4) is 0 Å². The molecule has 1 atom stereocenters. The second-order valence-electron chi connectivity index (χ2n) is 6.32. The second-order valence-corrected chi connectivity index (χ2v) is 6.70. The molecule has 1 unspecified atom stereocenters. The summed E-state index contributed by atoms with van der Waals surface area (Å²) in [5, 5.41) is 2.36. The number of benzene rings is 1. The van der Waals surface area contributed by atoms with E-state index in [1.807, 2.05) is 36.7 Å². The normalized spacial score (nSPS) is 18.3. The zero-order valence-corrected chi connectivity index (χ0v) is 14.2. The van der Waals surface area contributed by atoms with Crippen molar-refractivity contribution in [2.45, 2.75) is 18.9 Å². The molecule has 1 aliphatic rings. The fourth-order valence-corrected chi connectivity index (χ4v) is 3.70. The second kappa shape index (κ2) is 6.04. The summed E-state index contributed by atoms with van der Waals surface area (Å²) in [6.07, 6.45) is 5.92. The van der Waals surface area contributed by atoms with E-state index in [2.05, 4.69) is 16.9 Å². The Kier molecular flexibility index (Phi) is 3.87. The summed E-state index contributed by atoms with van der Waals surface area (Å²) in [5.74, 6) is 0. The molecule has 0 saturated carbocycles. The van der Waals surface area contributed by atoms with Gasteiger partial charge in [0.05, 0.1) is 5.69 Å². The van der Waals surface area contributed by atoms with Crippen molar-refractivity contribution in [2.24, 2.45) is 0 Å². The van der Waals surface area contributed by atoms with Crippen LogP contribution >= 0.6 is 11.6 Å². The first-order valence-electron chi connectivity index (χ1n) is 8.11. The average molecular weight is 340 g/mol. The molecule has 1 fully saturated rings. The van der Waals surface area contributed by atoms with Gasteiger partial charge in [-0.05, 0) is 43.3 Å². The Bertz CT molecular complexity index is 966. The summed E-state index contributed by atoms with van der Waals surface area (Å²) < 4.78 is 1.69. The van der Waals surface area contributed by atoms with Gasteiger partial charge in [0.2, 0.25) is 0 Å². The minimum atomic E-state index is -0.0575. The molecule has 0 spiro atoms. The van der Waals surface area contributed by atoms with Gasteiger partial charge in [-0.2, -0.15) is 0 Å². The highest BCUT2D eigenvalue weighted by Gasteiger charge is 2.26. The van der Waals surface area contributed by atoms with E-state index >= 15 is 0 Å². The van der Waals surface area contributed by atoms with Crippen molar-refractivity contribution in [1.82, 2.24) is 14.5 Å². The molecular formula is C19H18ClN3O. The maximum Gasteiger partial charge on any atom is 0.255 e. The molecule has 0 radical (unpaired) electrons. The first-order valence-corrected chi connectivity index (χ1v) is 8.49. The van der Waals surface area contributed by atoms with Crippen LogP contribution < -0.4 is 5.56 Å². The molecular weight excluding hydrogens is 322 g/mol. The highest BCUT2D eigenvalue weighted by Crippen LogP contribution is 2.34. The maximum absolute atomic E-state index is 12.7. The maximum atomic E-state index is 12.7. The molecule has 4 rings (SSSR count). The molecule has 24 heavy (non-hydrogen) atoms. The summed E-state index contributed by atoms with van der Waals surface area (Å²) >= 11 is 6.14. The predicted octanol–water partition coefficient (Wildman–Crippen LogP) is 3.81. The highest BCUT2D eigenvalue weighted by atomic mass is 35.5. The molecule has 0 aliphatic carbocycles. The lowest BCUT2D eigenvalue weighted by Crippen LogP contribution is -2.23. The van der Waals surface area contributed by atoms with E-state index in [1.54, 1.807) is 16.7 Å². The Morgan fingerprint density at radius 3 is 2.75 bits per heavy atom. The van der Waals surface area contributed by atoms with E-state index in [4.69, 9.17) is 11.6 Å². The topological polar surface area (TPSA) is 38.1 Å². The number of pyridine rings is 2. The average Bonchev–Trinajstić information content (AvgIpc) is 3.00. The third kappa shape index (κ3) is 2.62. The number of hydrogen-bond acceptors (Lipinski definition) is 3. The van der Waals surface area contributed by atoms with E-state index in [0.29, 0.717) is 5.15 Å². The highest BCUT2D eigenvalue weighted by molar-refractivity contribution is 6.29. The monoisotopic (exact) mass is 339 g/mol. The number of nitrogens with zero attached hydrogens (tertiary/aromatic N) is 3. The van der Waals surface area contributed by atoms with E-state index in [1.165, 1.54) is 0 Å².